The molecule has 1 aliphatic heterocycles. The van der Waals surface area contributed by atoms with Crippen molar-refractivity contribution in [2.24, 2.45) is 11.8 Å². The van der Waals surface area contributed by atoms with Gasteiger partial charge in [0.1, 0.15) is 0 Å². The van der Waals surface area contributed by atoms with Crippen molar-refractivity contribution in [1.82, 2.24) is 10.2 Å². The van der Waals surface area contributed by atoms with Crippen LogP contribution in [-0.2, 0) is 0 Å². The standard InChI is InChI=1S/C18H29ClN2/c1-4-20-18(16-7-5-6-8-17(16)19)10-12-21-11-9-14(2)15(3)13-21/h5-8,14-15,18,20H,4,9-13H2,1-3H3. The molecule has 2 nitrogen and oxygen atoms in total. The van der Waals surface area contributed by atoms with Crippen molar-refractivity contribution >= 4 is 11.6 Å². The third kappa shape index (κ3) is 4.70. The molecule has 0 amide bonds. The number of nitrogens with zero attached hydrogens (tertiary/aromatic N) is 1. The van der Waals surface area contributed by atoms with E-state index in [1.54, 1.807) is 0 Å². The Bertz CT molecular complexity index is 435. The molecule has 1 N–H and O–H groups in total. The first kappa shape index (κ1) is 16.8. The zero-order valence-corrected chi connectivity index (χ0v) is 14.4. The average molecular weight is 309 g/mol. The van der Waals surface area contributed by atoms with Gasteiger partial charge in [0.2, 0.25) is 0 Å². The van der Waals surface area contributed by atoms with E-state index in [2.05, 4.69) is 43.1 Å². The Hall–Kier alpha value is -0.570. The SMILES string of the molecule is CCNC(CCN1CCC(C)C(C)C1)c1ccccc1Cl. The molecule has 1 aromatic carbocycles. The maximum Gasteiger partial charge on any atom is 0.0453 e. The summed E-state index contributed by atoms with van der Waals surface area (Å²) < 4.78 is 0. The highest BCUT2D eigenvalue weighted by Gasteiger charge is 2.23. The van der Waals surface area contributed by atoms with Gasteiger partial charge in [-0.25, -0.2) is 0 Å². The molecule has 0 bridgehead atoms. The van der Waals surface area contributed by atoms with Gasteiger partial charge in [0.15, 0.2) is 0 Å². The third-order valence-corrected chi connectivity index (χ3v) is 5.23. The van der Waals surface area contributed by atoms with E-state index >= 15 is 0 Å². The molecule has 3 atom stereocenters. The smallest absolute Gasteiger partial charge is 0.0453 e. The van der Waals surface area contributed by atoms with Crippen molar-refractivity contribution in [1.29, 1.82) is 0 Å². The van der Waals surface area contributed by atoms with E-state index in [1.807, 2.05) is 12.1 Å². The molecular weight excluding hydrogens is 280 g/mol. The van der Waals surface area contributed by atoms with Crippen molar-refractivity contribution in [3.8, 4) is 0 Å². The number of benzene rings is 1. The molecular formula is C18H29ClN2. The molecule has 2 rings (SSSR count). The van der Waals surface area contributed by atoms with Gasteiger partial charge < -0.3 is 10.2 Å². The first-order valence-electron chi connectivity index (χ1n) is 8.32. The van der Waals surface area contributed by atoms with Crippen LogP contribution < -0.4 is 5.32 Å². The maximum absolute atomic E-state index is 6.36. The predicted octanol–water partition coefficient (Wildman–Crippen LogP) is 4.36. The summed E-state index contributed by atoms with van der Waals surface area (Å²) >= 11 is 6.36. The van der Waals surface area contributed by atoms with Crippen LogP contribution >= 0.6 is 11.6 Å². The molecule has 3 unspecified atom stereocenters. The number of rotatable bonds is 6. The Kier molecular flexibility index (Phi) is 6.53. The second kappa shape index (κ2) is 8.17. The number of likely N-dealkylation sites (tertiary alicyclic amines) is 1. The lowest BCUT2D eigenvalue weighted by molar-refractivity contribution is 0.133. The molecule has 0 aliphatic carbocycles. The maximum atomic E-state index is 6.36. The normalized spacial score (nSPS) is 25.0. The number of hydrogen-bond acceptors (Lipinski definition) is 2. The van der Waals surface area contributed by atoms with Crippen LogP contribution in [0.5, 0.6) is 0 Å². The van der Waals surface area contributed by atoms with Crippen LogP contribution in [0, 0.1) is 11.8 Å². The van der Waals surface area contributed by atoms with E-state index < -0.39 is 0 Å². The summed E-state index contributed by atoms with van der Waals surface area (Å²) in [6, 6.07) is 8.58. The summed E-state index contributed by atoms with van der Waals surface area (Å²) in [4.78, 5) is 2.62. The summed E-state index contributed by atoms with van der Waals surface area (Å²) in [5.74, 6) is 1.69. The summed E-state index contributed by atoms with van der Waals surface area (Å²) in [7, 11) is 0. The molecule has 1 aliphatic rings. The molecule has 118 valence electrons. The zero-order valence-electron chi connectivity index (χ0n) is 13.6. The monoisotopic (exact) mass is 308 g/mol. The predicted molar refractivity (Wildman–Crippen MR) is 91.9 cm³/mol. The molecule has 1 fully saturated rings. The van der Waals surface area contributed by atoms with E-state index in [0.29, 0.717) is 6.04 Å². The molecule has 21 heavy (non-hydrogen) atoms. The van der Waals surface area contributed by atoms with Gasteiger partial charge in [-0.1, -0.05) is 50.6 Å². The second-order valence-electron chi connectivity index (χ2n) is 6.46. The van der Waals surface area contributed by atoms with Crippen molar-refractivity contribution in [3.63, 3.8) is 0 Å². The van der Waals surface area contributed by atoms with Gasteiger partial charge in [-0.15, -0.1) is 0 Å². The van der Waals surface area contributed by atoms with Crippen LogP contribution in [0.15, 0.2) is 24.3 Å². The molecule has 1 saturated heterocycles. The highest BCUT2D eigenvalue weighted by Crippen LogP contribution is 2.27. The van der Waals surface area contributed by atoms with Gasteiger partial charge in [-0.3, -0.25) is 0 Å². The highest BCUT2D eigenvalue weighted by molar-refractivity contribution is 6.31. The lowest BCUT2D eigenvalue weighted by atomic mass is 9.88. The molecule has 0 spiro atoms. The minimum absolute atomic E-state index is 0.360. The van der Waals surface area contributed by atoms with E-state index in [4.69, 9.17) is 11.6 Å². The lowest BCUT2D eigenvalue weighted by Gasteiger charge is -2.36. The Balaban J connectivity index is 1.93. The molecule has 0 saturated carbocycles. The summed E-state index contributed by atoms with van der Waals surface area (Å²) in [5.41, 5.74) is 1.24. The van der Waals surface area contributed by atoms with Crippen LogP contribution in [0.25, 0.3) is 0 Å². The van der Waals surface area contributed by atoms with Crippen molar-refractivity contribution in [3.05, 3.63) is 34.9 Å². The fourth-order valence-corrected chi connectivity index (χ4v) is 3.50. The molecule has 3 heteroatoms. The topological polar surface area (TPSA) is 15.3 Å². The van der Waals surface area contributed by atoms with Gasteiger partial charge in [-0.05, 0) is 55.9 Å². The van der Waals surface area contributed by atoms with Gasteiger partial charge in [-0.2, -0.15) is 0 Å². The first-order chi connectivity index (χ1) is 10.1. The van der Waals surface area contributed by atoms with Gasteiger partial charge in [0.25, 0.3) is 0 Å². The summed E-state index contributed by atoms with van der Waals surface area (Å²) in [6.07, 6.45) is 2.46. The molecule has 0 aromatic heterocycles. The summed E-state index contributed by atoms with van der Waals surface area (Å²) in [6.45, 7) is 11.5. The van der Waals surface area contributed by atoms with E-state index in [0.717, 1.165) is 36.4 Å². The Morgan fingerprint density at radius 3 is 2.71 bits per heavy atom. The number of piperidine rings is 1. The van der Waals surface area contributed by atoms with Crippen molar-refractivity contribution < 1.29 is 0 Å². The Labute approximate surface area is 134 Å². The van der Waals surface area contributed by atoms with Crippen molar-refractivity contribution in [2.75, 3.05) is 26.2 Å². The molecule has 1 aromatic rings. The van der Waals surface area contributed by atoms with Gasteiger partial charge in [0.05, 0.1) is 0 Å². The minimum Gasteiger partial charge on any atom is -0.310 e. The first-order valence-corrected chi connectivity index (χ1v) is 8.69. The van der Waals surface area contributed by atoms with Crippen molar-refractivity contribution in [2.45, 2.75) is 39.7 Å². The quantitative estimate of drug-likeness (QED) is 0.840. The van der Waals surface area contributed by atoms with Crippen LogP contribution in [0.1, 0.15) is 45.2 Å². The van der Waals surface area contributed by atoms with E-state index in [-0.39, 0.29) is 0 Å². The fourth-order valence-electron chi connectivity index (χ4n) is 3.24. The zero-order chi connectivity index (χ0) is 15.2. The van der Waals surface area contributed by atoms with Gasteiger partial charge in [0, 0.05) is 17.6 Å². The van der Waals surface area contributed by atoms with Crippen LogP contribution in [0.3, 0.4) is 0 Å². The molecule has 1 heterocycles. The van der Waals surface area contributed by atoms with Crippen LogP contribution in [0.4, 0.5) is 0 Å². The van der Waals surface area contributed by atoms with E-state index in [9.17, 15) is 0 Å². The van der Waals surface area contributed by atoms with Gasteiger partial charge >= 0.3 is 0 Å². The average Bonchev–Trinajstić information content (AvgIpc) is 2.48. The second-order valence-corrected chi connectivity index (χ2v) is 6.87. The Morgan fingerprint density at radius 1 is 1.29 bits per heavy atom. The van der Waals surface area contributed by atoms with Crippen LogP contribution in [0.2, 0.25) is 5.02 Å². The highest BCUT2D eigenvalue weighted by atomic mass is 35.5. The summed E-state index contributed by atoms with van der Waals surface area (Å²) in [5, 5.41) is 4.47. The largest absolute Gasteiger partial charge is 0.310 e. The third-order valence-electron chi connectivity index (χ3n) is 4.88. The molecule has 0 radical (unpaired) electrons. The lowest BCUT2D eigenvalue weighted by Crippen LogP contribution is -2.40. The number of hydrogen-bond donors (Lipinski definition) is 1. The minimum atomic E-state index is 0.360. The van der Waals surface area contributed by atoms with Crippen LogP contribution in [-0.4, -0.2) is 31.1 Å². The fraction of sp³-hybridized carbons (Fsp3) is 0.667. The van der Waals surface area contributed by atoms with E-state index in [1.165, 1.54) is 25.1 Å². The number of halogens is 1. The Morgan fingerprint density at radius 2 is 2.05 bits per heavy atom. The number of nitrogens with one attached hydrogen (secondary N) is 1.